The van der Waals surface area contributed by atoms with Crippen LogP contribution in [0.4, 0.5) is 0 Å². The third-order valence-corrected chi connectivity index (χ3v) is 4.91. The Morgan fingerprint density at radius 3 is 2.48 bits per heavy atom. The Morgan fingerprint density at radius 1 is 1.12 bits per heavy atom. The minimum atomic E-state index is -0.456. The molecule has 3 rings (SSSR count). The van der Waals surface area contributed by atoms with E-state index in [0.29, 0.717) is 5.02 Å². The van der Waals surface area contributed by atoms with Crippen LogP contribution in [0.3, 0.4) is 0 Å². The highest BCUT2D eigenvalue weighted by Crippen LogP contribution is 2.29. The Balaban J connectivity index is 1.41. The van der Waals surface area contributed by atoms with E-state index in [2.05, 4.69) is 10.6 Å². The van der Waals surface area contributed by atoms with Gasteiger partial charge in [-0.3, -0.25) is 9.59 Å². The van der Waals surface area contributed by atoms with Gasteiger partial charge in [-0.25, -0.2) is 0 Å². The topological polar surface area (TPSA) is 76.7 Å². The van der Waals surface area contributed by atoms with Crippen LogP contribution >= 0.6 is 23.2 Å². The normalized spacial score (nSPS) is 22.4. The number of hydrogen-bond donors (Lipinski definition) is 2. The lowest BCUT2D eigenvalue weighted by atomic mass is 9.91. The Hall–Kier alpha value is -1.28. The van der Waals surface area contributed by atoms with E-state index in [-0.39, 0.29) is 41.7 Å². The molecule has 1 aromatic carbocycles. The van der Waals surface area contributed by atoms with Gasteiger partial charge in [0.1, 0.15) is 0 Å². The number of carbonyl (C=O) groups excluding carboxylic acids is 2. The van der Waals surface area contributed by atoms with Gasteiger partial charge in [0.25, 0.3) is 5.91 Å². The van der Waals surface area contributed by atoms with Crippen molar-refractivity contribution >= 4 is 42.1 Å². The fourth-order valence-corrected chi connectivity index (χ4v) is 3.45. The van der Waals surface area contributed by atoms with Gasteiger partial charge in [0.05, 0.1) is 35.8 Å². The lowest BCUT2D eigenvalue weighted by Gasteiger charge is -2.22. The molecule has 1 saturated carbocycles. The zero-order valence-corrected chi connectivity index (χ0v) is 15.1. The molecule has 1 aromatic rings. The molecule has 134 valence electrons. The summed E-state index contributed by atoms with van der Waals surface area (Å²) in [5, 5.41) is 5.90. The first-order valence-corrected chi connectivity index (χ1v) is 9.09. The van der Waals surface area contributed by atoms with Crippen molar-refractivity contribution in [2.24, 2.45) is 0 Å². The Morgan fingerprint density at radius 2 is 1.80 bits per heavy atom. The summed E-state index contributed by atoms with van der Waals surface area (Å²) in [7, 11) is -0.421. The molecule has 1 saturated heterocycles. The second-order valence-corrected chi connectivity index (χ2v) is 7.02. The Bertz CT molecular complexity index is 647. The molecule has 2 aliphatic rings. The van der Waals surface area contributed by atoms with E-state index in [1.807, 2.05) is 0 Å². The van der Waals surface area contributed by atoms with Crippen molar-refractivity contribution in [2.75, 3.05) is 13.0 Å². The van der Waals surface area contributed by atoms with Gasteiger partial charge in [0.15, 0.2) is 0 Å². The van der Waals surface area contributed by atoms with Crippen LogP contribution in [0.1, 0.15) is 36.0 Å². The summed E-state index contributed by atoms with van der Waals surface area (Å²) in [6.45, 7) is -0.165. The van der Waals surface area contributed by atoms with Crippen molar-refractivity contribution in [1.82, 2.24) is 10.6 Å². The van der Waals surface area contributed by atoms with E-state index in [1.54, 1.807) is 6.07 Å². The van der Waals surface area contributed by atoms with E-state index in [0.717, 1.165) is 25.7 Å². The quantitative estimate of drug-likeness (QED) is 0.763. The number of amides is 2. The number of fused-ring (bicyclic) bond motifs is 1. The fourth-order valence-electron chi connectivity index (χ4n) is 3.08. The summed E-state index contributed by atoms with van der Waals surface area (Å²) in [5.74, 6) is -0.782. The lowest BCUT2D eigenvalue weighted by Crippen LogP contribution is -2.42. The second-order valence-electron chi connectivity index (χ2n) is 6.17. The summed E-state index contributed by atoms with van der Waals surface area (Å²) < 4.78 is 11.6. The number of rotatable bonds is 5. The number of carbonyl (C=O) groups is 2. The van der Waals surface area contributed by atoms with Gasteiger partial charge in [-0.15, -0.1) is 0 Å². The molecular weight excluding hydrogens is 366 g/mol. The van der Waals surface area contributed by atoms with Crippen LogP contribution in [-0.4, -0.2) is 44.1 Å². The van der Waals surface area contributed by atoms with Gasteiger partial charge < -0.3 is 19.9 Å². The molecule has 0 aromatic heterocycles. The summed E-state index contributed by atoms with van der Waals surface area (Å²) in [6.07, 6.45) is 4.86. The largest absolute Gasteiger partial charge is 0.478 e. The maximum absolute atomic E-state index is 12.1. The van der Waals surface area contributed by atoms with Crippen molar-refractivity contribution in [3.8, 4) is 0 Å². The summed E-state index contributed by atoms with van der Waals surface area (Å²) >= 11 is 11.8. The van der Waals surface area contributed by atoms with Crippen LogP contribution in [0, 0.1) is 0 Å². The zero-order chi connectivity index (χ0) is 17.8. The SMILES string of the molecule is O=C(CNC(=O)c1cc(Cl)ccc1Cl)NCB1OC2CCCCC2O1. The highest BCUT2D eigenvalue weighted by molar-refractivity contribution is 6.45. The number of hydrogen-bond acceptors (Lipinski definition) is 4. The Kier molecular flexibility index (Phi) is 6.22. The molecule has 25 heavy (non-hydrogen) atoms. The first-order chi connectivity index (χ1) is 12.0. The van der Waals surface area contributed by atoms with E-state index in [4.69, 9.17) is 32.5 Å². The van der Waals surface area contributed by atoms with Gasteiger partial charge in [-0.1, -0.05) is 36.0 Å². The van der Waals surface area contributed by atoms with Crippen molar-refractivity contribution < 1.29 is 18.9 Å². The standard InChI is InChI=1S/C16H19BCl2N2O4/c18-10-5-6-12(19)11(7-10)16(23)20-8-15(22)21-9-17-24-13-3-1-2-4-14(13)25-17/h5-7,13-14H,1-4,8-9H2,(H,20,23)(H,21,22). The molecule has 2 amide bonds. The number of halogens is 2. The second kappa shape index (κ2) is 8.40. The molecule has 2 fully saturated rings. The minimum Gasteiger partial charge on any atom is -0.405 e. The predicted molar refractivity (Wildman–Crippen MR) is 95.8 cm³/mol. The average molecular weight is 385 g/mol. The van der Waals surface area contributed by atoms with Crippen LogP contribution < -0.4 is 10.6 Å². The molecule has 2 unspecified atom stereocenters. The lowest BCUT2D eigenvalue weighted by molar-refractivity contribution is -0.119. The molecule has 2 atom stereocenters. The first-order valence-electron chi connectivity index (χ1n) is 8.34. The Labute approximate surface area is 156 Å². The summed E-state index contributed by atoms with van der Waals surface area (Å²) in [4.78, 5) is 24.0. The van der Waals surface area contributed by atoms with Crippen LogP contribution in [0.25, 0.3) is 0 Å². The third kappa shape index (κ3) is 4.88. The van der Waals surface area contributed by atoms with Gasteiger partial charge in [-0.05, 0) is 31.0 Å². The molecule has 6 nitrogen and oxygen atoms in total. The van der Waals surface area contributed by atoms with Gasteiger partial charge >= 0.3 is 7.12 Å². The summed E-state index contributed by atoms with van der Waals surface area (Å²) in [6, 6.07) is 4.58. The molecule has 0 spiro atoms. The minimum absolute atomic E-state index is 0.139. The van der Waals surface area contributed by atoms with Crippen LogP contribution in [0.5, 0.6) is 0 Å². The highest BCUT2D eigenvalue weighted by Gasteiger charge is 2.40. The maximum Gasteiger partial charge on any atom is 0.478 e. The maximum atomic E-state index is 12.1. The van der Waals surface area contributed by atoms with E-state index < -0.39 is 13.0 Å². The predicted octanol–water partition coefficient (Wildman–Crippen LogP) is 2.22. The monoisotopic (exact) mass is 384 g/mol. The molecule has 1 aliphatic heterocycles. The number of nitrogens with one attached hydrogen (secondary N) is 2. The van der Waals surface area contributed by atoms with Crippen molar-refractivity contribution in [2.45, 2.75) is 37.9 Å². The van der Waals surface area contributed by atoms with Gasteiger partial charge in [0.2, 0.25) is 5.91 Å². The molecule has 1 heterocycles. The first kappa shape index (κ1) is 18.5. The highest BCUT2D eigenvalue weighted by atomic mass is 35.5. The van der Waals surface area contributed by atoms with Crippen LogP contribution in [0.2, 0.25) is 10.0 Å². The molecule has 1 aliphatic carbocycles. The molecule has 9 heteroatoms. The van der Waals surface area contributed by atoms with Crippen molar-refractivity contribution in [3.05, 3.63) is 33.8 Å². The van der Waals surface area contributed by atoms with Gasteiger partial charge in [-0.2, -0.15) is 0 Å². The zero-order valence-electron chi connectivity index (χ0n) is 13.6. The smallest absolute Gasteiger partial charge is 0.405 e. The fraction of sp³-hybridized carbons (Fsp3) is 0.500. The van der Waals surface area contributed by atoms with Crippen molar-refractivity contribution in [1.29, 1.82) is 0 Å². The summed E-state index contributed by atoms with van der Waals surface area (Å²) in [5.41, 5.74) is 0.230. The molecule has 0 radical (unpaired) electrons. The van der Waals surface area contributed by atoms with E-state index in [1.165, 1.54) is 12.1 Å². The molecular formula is C16H19BCl2N2O4. The van der Waals surface area contributed by atoms with Crippen LogP contribution in [0.15, 0.2) is 18.2 Å². The molecule has 0 bridgehead atoms. The number of benzene rings is 1. The van der Waals surface area contributed by atoms with E-state index >= 15 is 0 Å². The van der Waals surface area contributed by atoms with E-state index in [9.17, 15) is 9.59 Å². The average Bonchev–Trinajstić information content (AvgIpc) is 3.03. The molecule has 2 N–H and O–H groups in total. The van der Waals surface area contributed by atoms with Gasteiger partial charge in [0, 0.05) is 5.02 Å². The van der Waals surface area contributed by atoms with Crippen molar-refractivity contribution in [3.63, 3.8) is 0 Å². The van der Waals surface area contributed by atoms with Crippen LogP contribution in [-0.2, 0) is 14.1 Å². The third-order valence-electron chi connectivity index (χ3n) is 4.34.